The van der Waals surface area contributed by atoms with Crippen molar-refractivity contribution in [2.24, 2.45) is 5.73 Å². The molecule has 0 aromatic heterocycles. The number of hydrogen-bond acceptors (Lipinski definition) is 2. The fraction of sp³-hybridized carbons (Fsp3) is 0.188. The van der Waals surface area contributed by atoms with Crippen molar-refractivity contribution in [2.45, 2.75) is 13.5 Å². The number of aryl methyl sites for hydroxylation is 1. The largest absolute Gasteiger partial charge is 0.389 e. The van der Waals surface area contributed by atoms with Gasteiger partial charge in [0.05, 0.1) is 0 Å². The Morgan fingerprint density at radius 2 is 1.95 bits per heavy atom. The second-order valence-corrected chi connectivity index (χ2v) is 5.68. The number of nitrogens with zero attached hydrogens (tertiary/aromatic N) is 1. The highest BCUT2D eigenvalue weighted by Gasteiger charge is 2.11. The summed E-state index contributed by atoms with van der Waals surface area (Å²) in [4.78, 5) is 2.52. The van der Waals surface area contributed by atoms with Gasteiger partial charge in [0.25, 0.3) is 0 Å². The highest BCUT2D eigenvalue weighted by atomic mass is 35.5. The lowest BCUT2D eigenvalue weighted by Crippen LogP contribution is -2.21. The van der Waals surface area contributed by atoms with Crippen LogP contribution in [0.1, 0.15) is 16.7 Å². The van der Waals surface area contributed by atoms with E-state index in [0.29, 0.717) is 11.5 Å². The predicted molar refractivity (Wildman–Crippen MR) is 90.6 cm³/mol. The lowest BCUT2D eigenvalue weighted by molar-refractivity contribution is 0.921. The van der Waals surface area contributed by atoms with Gasteiger partial charge >= 0.3 is 0 Å². The highest BCUT2D eigenvalue weighted by Crippen LogP contribution is 2.25. The standard InChI is InChI=1S/C16H17ClN2S/c1-11-7-8-13(16(18)20)15(9-11)19(2)10-12-5-3-4-6-14(12)17/h3-9H,10H2,1-2H3,(H2,18,20). The molecule has 0 bridgehead atoms. The second kappa shape index (κ2) is 6.25. The molecule has 2 rings (SSSR count). The topological polar surface area (TPSA) is 29.3 Å². The number of hydrogen-bond donors (Lipinski definition) is 1. The first-order valence-electron chi connectivity index (χ1n) is 6.34. The molecule has 20 heavy (non-hydrogen) atoms. The van der Waals surface area contributed by atoms with Crippen LogP contribution in [-0.4, -0.2) is 12.0 Å². The van der Waals surface area contributed by atoms with Crippen molar-refractivity contribution in [3.8, 4) is 0 Å². The van der Waals surface area contributed by atoms with Gasteiger partial charge in [0.1, 0.15) is 4.99 Å². The molecule has 0 spiro atoms. The maximum absolute atomic E-state index is 6.21. The van der Waals surface area contributed by atoms with E-state index in [1.165, 1.54) is 5.56 Å². The van der Waals surface area contributed by atoms with Gasteiger partial charge in [-0.15, -0.1) is 0 Å². The molecule has 2 N–H and O–H groups in total. The first-order valence-corrected chi connectivity index (χ1v) is 7.12. The summed E-state index contributed by atoms with van der Waals surface area (Å²) < 4.78 is 0. The monoisotopic (exact) mass is 304 g/mol. The first-order chi connectivity index (χ1) is 9.49. The van der Waals surface area contributed by atoms with Crippen molar-refractivity contribution >= 4 is 34.5 Å². The molecule has 0 unspecified atom stereocenters. The third kappa shape index (κ3) is 3.30. The Morgan fingerprint density at radius 1 is 1.25 bits per heavy atom. The summed E-state index contributed by atoms with van der Waals surface area (Å²) in [5, 5.41) is 0.767. The zero-order valence-electron chi connectivity index (χ0n) is 11.6. The summed E-state index contributed by atoms with van der Waals surface area (Å²) in [6.07, 6.45) is 0. The van der Waals surface area contributed by atoms with Crippen LogP contribution in [0.5, 0.6) is 0 Å². The molecule has 0 radical (unpaired) electrons. The third-order valence-corrected chi connectivity index (χ3v) is 3.78. The summed E-state index contributed by atoms with van der Waals surface area (Å²) in [7, 11) is 2.01. The highest BCUT2D eigenvalue weighted by molar-refractivity contribution is 7.80. The number of thiocarbonyl (C=S) groups is 1. The Bertz CT molecular complexity index is 640. The molecule has 0 saturated heterocycles. The molecule has 0 aliphatic heterocycles. The van der Waals surface area contributed by atoms with E-state index in [-0.39, 0.29) is 0 Å². The summed E-state index contributed by atoms with van der Waals surface area (Å²) in [5.74, 6) is 0. The number of anilines is 1. The molecule has 0 aliphatic carbocycles. The average Bonchev–Trinajstić information content (AvgIpc) is 2.40. The summed E-state index contributed by atoms with van der Waals surface area (Å²) >= 11 is 11.3. The Hall–Kier alpha value is -1.58. The van der Waals surface area contributed by atoms with E-state index in [9.17, 15) is 0 Å². The molecule has 0 fully saturated rings. The Balaban J connectivity index is 2.34. The number of nitrogens with two attached hydrogens (primary N) is 1. The summed E-state index contributed by atoms with van der Waals surface area (Å²) in [6.45, 7) is 2.76. The zero-order chi connectivity index (χ0) is 14.7. The normalized spacial score (nSPS) is 10.3. The van der Waals surface area contributed by atoms with Crippen molar-refractivity contribution in [3.05, 3.63) is 64.2 Å². The predicted octanol–water partition coefficient (Wildman–Crippen LogP) is 3.92. The molecule has 4 heteroatoms. The number of benzene rings is 2. The molecule has 0 amide bonds. The van der Waals surface area contributed by atoms with E-state index in [0.717, 1.165) is 21.8 Å². The zero-order valence-corrected chi connectivity index (χ0v) is 13.1. The van der Waals surface area contributed by atoms with Gasteiger partial charge in [0.15, 0.2) is 0 Å². The maximum Gasteiger partial charge on any atom is 0.106 e. The van der Waals surface area contributed by atoms with Crippen LogP contribution in [0.2, 0.25) is 5.02 Å². The van der Waals surface area contributed by atoms with Crippen molar-refractivity contribution in [1.29, 1.82) is 0 Å². The van der Waals surface area contributed by atoms with Gasteiger partial charge in [0.2, 0.25) is 0 Å². The van der Waals surface area contributed by atoms with Crippen LogP contribution in [0.15, 0.2) is 42.5 Å². The third-order valence-electron chi connectivity index (χ3n) is 3.20. The lowest BCUT2D eigenvalue weighted by atomic mass is 10.1. The van der Waals surface area contributed by atoms with E-state index in [4.69, 9.17) is 29.6 Å². The first kappa shape index (κ1) is 14.8. The van der Waals surface area contributed by atoms with Crippen molar-refractivity contribution in [1.82, 2.24) is 0 Å². The molecule has 0 aliphatic rings. The van der Waals surface area contributed by atoms with Gasteiger partial charge in [-0.1, -0.05) is 48.1 Å². The number of halogens is 1. The quantitative estimate of drug-likeness (QED) is 0.868. The van der Waals surface area contributed by atoms with E-state index in [2.05, 4.69) is 17.9 Å². The Morgan fingerprint density at radius 3 is 2.60 bits per heavy atom. The van der Waals surface area contributed by atoms with E-state index < -0.39 is 0 Å². The van der Waals surface area contributed by atoms with Crippen LogP contribution in [0.4, 0.5) is 5.69 Å². The molecular formula is C16H17ClN2S. The van der Waals surface area contributed by atoms with Crippen LogP contribution < -0.4 is 10.6 Å². The minimum absolute atomic E-state index is 0.408. The van der Waals surface area contributed by atoms with E-state index in [1.54, 1.807) is 0 Å². The van der Waals surface area contributed by atoms with Gasteiger partial charge in [0, 0.05) is 29.9 Å². The Kier molecular flexibility index (Phi) is 4.63. The summed E-state index contributed by atoms with van der Waals surface area (Å²) in [6, 6.07) is 13.9. The van der Waals surface area contributed by atoms with E-state index >= 15 is 0 Å². The van der Waals surface area contributed by atoms with Crippen LogP contribution in [-0.2, 0) is 6.54 Å². The molecule has 2 nitrogen and oxygen atoms in total. The fourth-order valence-corrected chi connectivity index (χ4v) is 2.50. The van der Waals surface area contributed by atoms with Gasteiger partial charge in [-0.05, 0) is 36.2 Å². The molecule has 0 heterocycles. The molecule has 2 aromatic carbocycles. The van der Waals surface area contributed by atoms with Gasteiger partial charge < -0.3 is 10.6 Å². The van der Waals surface area contributed by atoms with Crippen molar-refractivity contribution < 1.29 is 0 Å². The van der Waals surface area contributed by atoms with Gasteiger partial charge in [-0.3, -0.25) is 0 Å². The smallest absolute Gasteiger partial charge is 0.106 e. The fourth-order valence-electron chi connectivity index (χ4n) is 2.13. The molecule has 0 atom stereocenters. The molecular weight excluding hydrogens is 288 g/mol. The SMILES string of the molecule is Cc1ccc(C(N)=S)c(N(C)Cc2ccccc2Cl)c1. The van der Waals surface area contributed by atoms with Crippen LogP contribution in [0.25, 0.3) is 0 Å². The number of rotatable bonds is 4. The van der Waals surface area contributed by atoms with Crippen LogP contribution in [0, 0.1) is 6.92 Å². The maximum atomic E-state index is 6.21. The second-order valence-electron chi connectivity index (χ2n) is 4.83. The molecule has 104 valence electrons. The van der Waals surface area contributed by atoms with Crippen LogP contribution in [0.3, 0.4) is 0 Å². The van der Waals surface area contributed by atoms with E-state index in [1.807, 2.05) is 43.4 Å². The molecule has 0 saturated carbocycles. The summed E-state index contributed by atoms with van der Waals surface area (Å²) in [5.41, 5.74) is 9.97. The van der Waals surface area contributed by atoms with Crippen molar-refractivity contribution in [2.75, 3.05) is 11.9 Å². The molecule has 2 aromatic rings. The lowest BCUT2D eigenvalue weighted by Gasteiger charge is -2.23. The van der Waals surface area contributed by atoms with Gasteiger partial charge in [-0.25, -0.2) is 0 Å². The Labute approximate surface area is 130 Å². The minimum Gasteiger partial charge on any atom is -0.389 e. The average molecular weight is 305 g/mol. The van der Waals surface area contributed by atoms with Crippen molar-refractivity contribution in [3.63, 3.8) is 0 Å². The minimum atomic E-state index is 0.408. The van der Waals surface area contributed by atoms with Gasteiger partial charge in [-0.2, -0.15) is 0 Å². The van der Waals surface area contributed by atoms with Crippen LogP contribution >= 0.6 is 23.8 Å².